The molecule has 2 atom stereocenters. The van der Waals surface area contributed by atoms with Crippen LogP contribution in [0.1, 0.15) is 44.9 Å². The number of piperidine rings is 1. The fraction of sp³-hybridized carbons (Fsp3) is 1.00. The summed E-state index contributed by atoms with van der Waals surface area (Å²) < 4.78 is 0. The Balaban J connectivity index is 1.43. The van der Waals surface area contributed by atoms with Gasteiger partial charge in [-0.1, -0.05) is 12.8 Å². The zero-order valence-corrected chi connectivity index (χ0v) is 11.7. The van der Waals surface area contributed by atoms with Gasteiger partial charge in [0.25, 0.3) is 0 Å². The lowest BCUT2D eigenvalue weighted by atomic mass is 9.85. The van der Waals surface area contributed by atoms with Crippen molar-refractivity contribution in [3.63, 3.8) is 0 Å². The Morgan fingerprint density at radius 1 is 0.833 bits per heavy atom. The quantitative estimate of drug-likeness (QED) is 0.828. The largest absolute Gasteiger partial charge is 0.328 e. The number of hydrogen-bond donors (Lipinski definition) is 1. The molecule has 2 saturated heterocycles. The van der Waals surface area contributed by atoms with Crippen molar-refractivity contribution in [2.75, 3.05) is 32.7 Å². The molecular weight excluding hydrogens is 222 g/mol. The van der Waals surface area contributed by atoms with Gasteiger partial charge in [-0.15, -0.1) is 0 Å². The third kappa shape index (κ3) is 2.89. The molecule has 104 valence electrons. The molecular formula is C15H29N3. The van der Waals surface area contributed by atoms with E-state index in [-0.39, 0.29) is 0 Å². The summed E-state index contributed by atoms with van der Waals surface area (Å²) in [6.07, 6.45) is 9.79. The van der Waals surface area contributed by atoms with Crippen molar-refractivity contribution in [2.45, 2.75) is 57.0 Å². The minimum Gasteiger partial charge on any atom is -0.328 e. The summed E-state index contributed by atoms with van der Waals surface area (Å²) in [6.45, 7) is 6.39. The molecule has 0 radical (unpaired) electrons. The number of rotatable bonds is 3. The third-order valence-electron chi connectivity index (χ3n) is 5.46. The zero-order chi connectivity index (χ0) is 12.4. The maximum Gasteiger partial charge on any atom is 0.0124 e. The molecule has 2 aliphatic heterocycles. The molecule has 1 aliphatic carbocycles. The lowest BCUT2D eigenvalue weighted by molar-refractivity contribution is 0.142. The van der Waals surface area contributed by atoms with Crippen LogP contribution in [0.3, 0.4) is 0 Å². The SMILES string of the molecule is NC1CCN(CCN2CCC3CCCCC32)CC1. The highest BCUT2D eigenvalue weighted by molar-refractivity contribution is 4.90. The fourth-order valence-electron chi connectivity index (χ4n) is 4.23. The summed E-state index contributed by atoms with van der Waals surface area (Å²) in [7, 11) is 0. The minimum absolute atomic E-state index is 0.468. The molecule has 0 amide bonds. The highest BCUT2D eigenvalue weighted by Crippen LogP contribution is 2.35. The van der Waals surface area contributed by atoms with E-state index in [1.165, 1.54) is 77.7 Å². The van der Waals surface area contributed by atoms with Crippen LogP contribution in [0, 0.1) is 5.92 Å². The topological polar surface area (TPSA) is 32.5 Å². The summed E-state index contributed by atoms with van der Waals surface area (Å²) >= 11 is 0. The first-order valence-electron chi connectivity index (χ1n) is 8.05. The monoisotopic (exact) mass is 251 g/mol. The lowest BCUT2D eigenvalue weighted by Gasteiger charge is -2.35. The van der Waals surface area contributed by atoms with E-state index >= 15 is 0 Å². The first-order valence-corrected chi connectivity index (χ1v) is 8.05. The highest BCUT2D eigenvalue weighted by atomic mass is 15.2. The van der Waals surface area contributed by atoms with Gasteiger partial charge in [0.05, 0.1) is 0 Å². The van der Waals surface area contributed by atoms with Crippen LogP contribution in [0.4, 0.5) is 0 Å². The number of likely N-dealkylation sites (tertiary alicyclic amines) is 2. The molecule has 2 heterocycles. The molecule has 3 heteroatoms. The van der Waals surface area contributed by atoms with Crippen molar-refractivity contribution in [1.82, 2.24) is 9.80 Å². The smallest absolute Gasteiger partial charge is 0.0124 e. The number of nitrogens with two attached hydrogens (primary N) is 1. The van der Waals surface area contributed by atoms with Crippen LogP contribution < -0.4 is 5.73 Å². The fourth-order valence-corrected chi connectivity index (χ4v) is 4.23. The van der Waals surface area contributed by atoms with E-state index in [0.29, 0.717) is 6.04 Å². The molecule has 2 unspecified atom stereocenters. The van der Waals surface area contributed by atoms with E-state index in [9.17, 15) is 0 Å². The normalized spacial score (nSPS) is 35.8. The van der Waals surface area contributed by atoms with Crippen molar-refractivity contribution >= 4 is 0 Å². The Labute approximate surface area is 112 Å². The van der Waals surface area contributed by atoms with E-state index < -0.39 is 0 Å². The first-order chi connectivity index (χ1) is 8.83. The predicted molar refractivity (Wildman–Crippen MR) is 75.6 cm³/mol. The average Bonchev–Trinajstić information content (AvgIpc) is 2.82. The van der Waals surface area contributed by atoms with Crippen molar-refractivity contribution in [3.8, 4) is 0 Å². The van der Waals surface area contributed by atoms with Crippen molar-refractivity contribution in [1.29, 1.82) is 0 Å². The van der Waals surface area contributed by atoms with Gasteiger partial charge in [-0.3, -0.25) is 4.90 Å². The Hall–Kier alpha value is -0.120. The Bertz CT molecular complexity index is 260. The van der Waals surface area contributed by atoms with Gasteiger partial charge in [0.1, 0.15) is 0 Å². The zero-order valence-electron chi connectivity index (χ0n) is 11.7. The molecule has 3 rings (SSSR count). The van der Waals surface area contributed by atoms with Gasteiger partial charge in [-0.05, 0) is 57.7 Å². The van der Waals surface area contributed by atoms with Crippen molar-refractivity contribution in [3.05, 3.63) is 0 Å². The third-order valence-corrected chi connectivity index (χ3v) is 5.46. The van der Waals surface area contributed by atoms with Gasteiger partial charge < -0.3 is 10.6 Å². The molecule has 0 aromatic rings. The molecule has 3 aliphatic rings. The summed E-state index contributed by atoms with van der Waals surface area (Å²) in [6, 6.07) is 1.40. The number of hydrogen-bond acceptors (Lipinski definition) is 3. The molecule has 2 N–H and O–H groups in total. The van der Waals surface area contributed by atoms with Gasteiger partial charge in [-0.2, -0.15) is 0 Å². The highest BCUT2D eigenvalue weighted by Gasteiger charge is 2.35. The van der Waals surface area contributed by atoms with Gasteiger partial charge >= 0.3 is 0 Å². The molecule has 0 aromatic heterocycles. The maximum atomic E-state index is 5.97. The lowest BCUT2D eigenvalue weighted by Crippen LogP contribution is -2.44. The van der Waals surface area contributed by atoms with Crippen LogP contribution in [0.25, 0.3) is 0 Å². The van der Waals surface area contributed by atoms with Crippen molar-refractivity contribution in [2.24, 2.45) is 11.7 Å². The number of nitrogens with zero attached hydrogens (tertiary/aromatic N) is 2. The predicted octanol–water partition coefficient (Wildman–Crippen LogP) is 1.67. The second-order valence-corrected chi connectivity index (χ2v) is 6.62. The van der Waals surface area contributed by atoms with E-state index in [2.05, 4.69) is 9.80 Å². The van der Waals surface area contributed by atoms with Crippen LogP contribution in [0.15, 0.2) is 0 Å². The van der Waals surface area contributed by atoms with E-state index in [4.69, 9.17) is 5.73 Å². The second-order valence-electron chi connectivity index (χ2n) is 6.62. The summed E-state index contributed by atoms with van der Waals surface area (Å²) in [5.41, 5.74) is 5.97. The Kier molecular flexibility index (Phi) is 4.22. The first kappa shape index (κ1) is 12.9. The molecule has 18 heavy (non-hydrogen) atoms. The van der Waals surface area contributed by atoms with E-state index in [1.807, 2.05) is 0 Å². The van der Waals surface area contributed by atoms with Crippen LogP contribution in [0.2, 0.25) is 0 Å². The van der Waals surface area contributed by atoms with Gasteiger partial charge in [0.2, 0.25) is 0 Å². The molecule has 3 fully saturated rings. The molecule has 0 aromatic carbocycles. The Morgan fingerprint density at radius 3 is 2.44 bits per heavy atom. The summed E-state index contributed by atoms with van der Waals surface area (Å²) in [5, 5.41) is 0. The van der Waals surface area contributed by atoms with Crippen LogP contribution in [-0.4, -0.2) is 54.6 Å². The molecule has 0 spiro atoms. The standard InChI is InChI=1S/C15H29N3/c16-14-6-8-17(9-7-14)11-12-18-10-5-13-3-1-2-4-15(13)18/h13-15H,1-12,16H2. The number of fused-ring (bicyclic) bond motifs is 1. The van der Waals surface area contributed by atoms with Crippen LogP contribution >= 0.6 is 0 Å². The van der Waals surface area contributed by atoms with Gasteiger partial charge in [0, 0.05) is 25.2 Å². The maximum absolute atomic E-state index is 5.97. The van der Waals surface area contributed by atoms with E-state index in [1.54, 1.807) is 0 Å². The van der Waals surface area contributed by atoms with Crippen LogP contribution in [-0.2, 0) is 0 Å². The molecule has 0 bridgehead atoms. The second kappa shape index (κ2) is 5.89. The van der Waals surface area contributed by atoms with E-state index in [0.717, 1.165) is 12.0 Å². The van der Waals surface area contributed by atoms with Gasteiger partial charge in [0.15, 0.2) is 0 Å². The summed E-state index contributed by atoms with van der Waals surface area (Å²) in [4.78, 5) is 5.41. The summed E-state index contributed by atoms with van der Waals surface area (Å²) in [5.74, 6) is 1.04. The Morgan fingerprint density at radius 2 is 1.61 bits per heavy atom. The molecule has 1 saturated carbocycles. The average molecular weight is 251 g/mol. The molecule has 3 nitrogen and oxygen atoms in total. The van der Waals surface area contributed by atoms with Crippen LogP contribution in [0.5, 0.6) is 0 Å². The van der Waals surface area contributed by atoms with Crippen molar-refractivity contribution < 1.29 is 0 Å². The van der Waals surface area contributed by atoms with Gasteiger partial charge in [-0.25, -0.2) is 0 Å². The minimum atomic E-state index is 0.468.